The molecule has 0 atom stereocenters. The highest BCUT2D eigenvalue weighted by molar-refractivity contribution is 5.94. The van der Waals surface area contributed by atoms with Crippen molar-refractivity contribution in [2.24, 2.45) is 0 Å². The van der Waals surface area contributed by atoms with Crippen LogP contribution in [0.2, 0.25) is 0 Å². The Morgan fingerprint density at radius 2 is 1.72 bits per heavy atom. The van der Waals surface area contributed by atoms with E-state index in [9.17, 15) is 4.79 Å². The summed E-state index contributed by atoms with van der Waals surface area (Å²) >= 11 is 0. The summed E-state index contributed by atoms with van der Waals surface area (Å²) in [5.74, 6) is 0.723. The van der Waals surface area contributed by atoms with Crippen LogP contribution in [0.3, 0.4) is 0 Å². The van der Waals surface area contributed by atoms with Gasteiger partial charge in [-0.2, -0.15) is 0 Å². The lowest BCUT2D eigenvalue weighted by Crippen LogP contribution is -2.24. The van der Waals surface area contributed by atoms with E-state index in [-0.39, 0.29) is 5.91 Å². The summed E-state index contributed by atoms with van der Waals surface area (Å²) in [6.45, 7) is 3.03. The maximum atomic E-state index is 12.1. The summed E-state index contributed by atoms with van der Waals surface area (Å²) in [6.07, 6.45) is 4.51. The Labute approximate surface area is 149 Å². The Morgan fingerprint density at radius 1 is 1.04 bits per heavy atom. The first-order chi connectivity index (χ1) is 12.3. The molecule has 0 unspecified atom stereocenters. The van der Waals surface area contributed by atoms with Crippen LogP contribution in [0, 0.1) is 0 Å². The van der Waals surface area contributed by atoms with Crippen molar-refractivity contribution < 1.29 is 9.53 Å². The molecule has 2 aromatic carbocycles. The van der Waals surface area contributed by atoms with Gasteiger partial charge in [0.2, 0.25) is 0 Å². The molecule has 0 saturated carbocycles. The molecule has 0 aromatic heterocycles. The number of anilines is 1. The third-order valence-corrected chi connectivity index (χ3v) is 4.69. The second kappa shape index (κ2) is 8.56. The first kappa shape index (κ1) is 17.3. The highest BCUT2D eigenvalue weighted by Gasteiger charge is 2.11. The molecule has 25 heavy (non-hydrogen) atoms. The number of nitrogens with one attached hydrogen (secondary N) is 1. The first-order valence-electron chi connectivity index (χ1n) is 9.02. The molecule has 1 aliphatic heterocycles. The quantitative estimate of drug-likeness (QED) is 0.784. The lowest BCUT2D eigenvalue weighted by atomic mass is 10.1. The number of hydrogen-bond donors (Lipinski definition) is 1. The van der Waals surface area contributed by atoms with Gasteiger partial charge in [-0.1, -0.05) is 12.1 Å². The summed E-state index contributed by atoms with van der Waals surface area (Å²) < 4.78 is 5.10. The first-order valence-corrected chi connectivity index (χ1v) is 9.02. The third-order valence-electron chi connectivity index (χ3n) is 4.69. The highest BCUT2D eigenvalue weighted by Crippen LogP contribution is 2.20. The number of benzene rings is 2. The van der Waals surface area contributed by atoms with Gasteiger partial charge in [0.1, 0.15) is 5.75 Å². The minimum absolute atomic E-state index is 0.0352. The van der Waals surface area contributed by atoms with Crippen molar-refractivity contribution in [3.8, 4) is 5.75 Å². The van der Waals surface area contributed by atoms with E-state index < -0.39 is 0 Å². The van der Waals surface area contributed by atoms with Crippen LogP contribution >= 0.6 is 0 Å². The van der Waals surface area contributed by atoms with E-state index in [2.05, 4.69) is 34.5 Å². The van der Waals surface area contributed by atoms with E-state index in [1.807, 2.05) is 0 Å². The van der Waals surface area contributed by atoms with Gasteiger partial charge >= 0.3 is 0 Å². The third kappa shape index (κ3) is 4.75. The van der Waals surface area contributed by atoms with Gasteiger partial charge in [-0.3, -0.25) is 4.79 Å². The van der Waals surface area contributed by atoms with Crippen molar-refractivity contribution in [2.75, 3.05) is 31.6 Å². The van der Waals surface area contributed by atoms with Gasteiger partial charge in [-0.25, -0.2) is 0 Å². The Balaban J connectivity index is 1.40. The number of carbonyl (C=O) groups is 1. The van der Waals surface area contributed by atoms with Crippen molar-refractivity contribution in [1.29, 1.82) is 0 Å². The fourth-order valence-corrected chi connectivity index (χ4v) is 3.19. The molecule has 2 aromatic rings. The summed E-state index contributed by atoms with van der Waals surface area (Å²) in [5.41, 5.74) is 3.31. The Morgan fingerprint density at radius 3 is 2.36 bits per heavy atom. The molecular formula is C21H26N2O2. The van der Waals surface area contributed by atoms with E-state index in [4.69, 9.17) is 4.74 Å². The monoisotopic (exact) mass is 338 g/mol. The van der Waals surface area contributed by atoms with E-state index in [0.717, 1.165) is 18.6 Å². The second-order valence-electron chi connectivity index (χ2n) is 6.45. The van der Waals surface area contributed by atoms with Crippen LogP contribution in [0.25, 0.3) is 0 Å². The molecular weight excluding hydrogens is 312 g/mol. The maximum Gasteiger partial charge on any atom is 0.251 e. The van der Waals surface area contributed by atoms with Crippen LogP contribution < -0.4 is 15.0 Å². The fourth-order valence-electron chi connectivity index (χ4n) is 3.19. The zero-order valence-corrected chi connectivity index (χ0v) is 14.8. The lowest BCUT2D eigenvalue weighted by Gasteiger charge is -2.17. The molecule has 132 valence electrons. The molecule has 1 N–H and O–H groups in total. The molecule has 0 spiro atoms. The average molecular weight is 338 g/mol. The normalized spacial score (nSPS) is 13.7. The molecule has 1 saturated heterocycles. The van der Waals surface area contributed by atoms with Gasteiger partial charge in [-0.15, -0.1) is 0 Å². The van der Waals surface area contributed by atoms with E-state index in [1.54, 1.807) is 31.4 Å². The lowest BCUT2D eigenvalue weighted by molar-refractivity contribution is 0.0953. The number of amides is 1. The van der Waals surface area contributed by atoms with Crippen LogP contribution in [0.5, 0.6) is 5.75 Å². The van der Waals surface area contributed by atoms with Gasteiger partial charge < -0.3 is 15.0 Å². The van der Waals surface area contributed by atoms with E-state index in [1.165, 1.54) is 37.2 Å². The molecule has 1 heterocycles. The molecule has 1 amide bonds. The van der Waals surface area contributed by atoms with Gasteiger partial charge in [0.05, 0.1) is 7.11 Å². The van der Waals surface area contributed by atoms with Crippen LogP contribution in [-0.4, -0.2) is 32.7 Å². The van der Waals surface area contributed by atoms with Crippen LogP contribution in [0.15, 0.2) is 48.5 Å². The Bertz CT molecular complexity index is 674. The molecule has 4 heteroatoms. The second-order valence-corrected chi connectivity index (χ2v) is 6.45. The number of nitrogens with zero attached hydrogens (tertiary/aromatic N) is 1. The zero-order chi connectivity index (χ0) is 17.5. The van der Waals surface area contributed by atoms with E-state index >= 15 is 0 Å². The molecule has 1 fully saturated rings. The van der Waals surface area contributed by atoms with Gasteiger partial charge in [0.15, 0.2) is 0 Å². The maximum absolute atomic E-state index is 12.1. The Hall–Kier alpha value is -2.49. The van der Waals surface area contributed by atoms with Crippen LogP contribution in [-0.2, 0) is 6.42 Å². The van der Waals surface area contributed by atoms with Gasteiger partial charge in [0, 0.05) is 30.9 Å². The van der Waals surface area contributed by atoms with Crippen molar-refractivity contribution >= 4 is 11.6 Å². The molecule has 4 nitrogen and oxygen atoms in total. The molecule has 1 aliphatic rings. The fraction of sp³-hybridized carbons (Fsp3) is 0.381. The summed E-state index contributed by atoms with van der Waals surface area (Å²) in [7, 11) is 1.62. The SMILES string of the molecule is COc1ccc(C(=O)NCCCc2ccc(N3CCCC3)cc2)cc1. The van der Waals surface area contributed by atoms with Crippen molar-refractivity contribution in [2.45, 2.75) is 25.7 Å². The predicted molar refractivity (Wildman–Crippen MR) is 102 cm³/mol. The van der Waals surface area contributed by atoms with Crippen LogP contribution in [0.1, 0.15) is 35.2 Å². The predicted octanol–water partition coefficient (Wildman–Crippen LogP) is 3.66. The van der Waals surface area contributed by atoms with Crippen molar-refractivity contribution in [1.82, 2.24) is 5.32 Å². The topological polar surface area (TPSA) is 41.6 Å². The number of methoxy groups -OCH3 is 1. The minimum atomic E-state index is -0.0352. The molecule has 0 radical (unpaired) electrons. The Kier molecular flexibility index (Phi) is 5.94. The number of hydrogen-bond acceptors (Lipinski definition) is 3. The average Bonchev–Trinajstić information content (AvgIpc) is 3.20. The van der Waals surface area contributed by atoms with Gasteiger partial charge in [0.25, 0.3) is 5.91 Å². The molecule has 3 rings (SSSR count). The largest absolute Gasteiger partial charge is 0.497 e. The standard InChI is InChI=1S/C21H26N2O2/c1-25-20-12-8-18(9-13-20)21(24)22-14-4-5-17-6-10-19(11-7-17)23-15-2-3-16-23/h6-13H,2-5,14-16H2,1H3,(H,22,24). The molecule has 0 aliphatic carbocycles. The number of aryl methyl sites for hydroxylation is 1. The van der Waals surface area contributed by atoms with Crippen molar-refractivity contribution in [3.05, 3.63) is 59.7 Å². The van der Waals surface area contributed by atoms with Crippen LogP contribution in [0.4, 0.5) is 5.69 Å². The van der Waals surface area contributed by atoms with E-state index in [0.29, 0.717) is 12.1 Å². The molecule has 0 bridgehead atoms. The van der Waals surface area contributed by atoms with Gasteiger partial charge in [-0.05, 0) is 67.6 Å². The zero-order valence-electron chi connectivity index (χ0n) is 14.8. The summed E-state index contributed by atoms with van der Waals surface area (Å²) in [4.78, 5) is 14.5. The highest BCUT2D eigenvalue weighted by atomic mass is 16.5. The summed E-state index contributed by atoms with van der Waals surface area (Å²) in [5, 5.41) is 2.97. The minimum Gasteiger partial charge on any atom is -0.497 e. The number of rotatable bonds is 7. The number of carbonyl (C=O) groups excluding carboxylic acids is 1. The number of ether oxygens (including phenoxy) is 1. The smallest absolute Gasteiger partial charge is 0.251 e. The van der Waals surface area contributed by atoms with Crippen molar-refractivity contribution in [3.63, 3.8) is 0 Å². The summed E-state index contributed by atoms with van der Waals surface area (Å²) in [6, 6.07) is 16.0.